The molecule has 2 aromatic heterocycles. The van der Waals surface area contributed by atoms with Crippen molar-refractivity contribution in [3.05, 3.63) is 89.5 Å². The van der Waals surface area contributed by atoms with Crippen LogP contribution in [0.5, 0.6) is 0 Å². The van der Waals surface area contributed by atoms with Gasteiger partial charge in [0.15, 0.2) is 5.65 Å². The number of carbonyl (C=O) groups is 1. The molecule has 0 aliphatic carbocycles. The number of amides is 1. The summed E-state index contributed by atoms with van der Waals surface area (Å²) in [7, 11) is 0. The molecule has 1 saturated heterocycles. The molecule has 0 spiro atoms. The molecular formula is C30H34FN5O. The van der Waals surface area contributed by atoms with Crippen molar-refractivity contribution >= 4 is 11.6 Å². The minimum atomic E-state index is -0.309. The van der Waals surface area contributed by atoms with E-state index >= 15 is 0 Å². The zero-order valence-electron chi connectivity index (χ0n) is 21.8. The number of likely N-dealkylation sites (tertiary alicyclic amines) is 1. The first-order valence-electron chi connectivity index (χ1n) is 13.0. The highest BCUT2D eigenvalue weighted by atomic mass is 19.1. The molecule has 1 amide bonds. The van der Waals surface area contributed by atoms with E-state index in [1.807, 2.05) is 41.3 Å². The molecule has 0 unspecified atom stereocenters. The maximum atomic E-state index is 14.2. The van der Waals surface area contributed by atoms with Crippen LogP contribution in [0.1, 0.15) is 55.4 Å². The number of fused-ring (bicyclic) bond motifs is 1. The second kappa shape index (κ2) is 10.4. The molecule has 2 aromatic carbocycles. The Morgan fingerprint density at radius 1 is 1.00 bits per heavy atom. The molecule has 0 atom stereocenters. The molecule has 0 radical (unpaired) electrons. The highest BCUT2D eigenvalue weighted by Gasteiger charge is 2.25. The summed E-state index contributed by atoms with van der Waals surface area (Å²) in [6.45, 7) is 10.4. The van der Waals surface area contributed by atoms with E-state index in [9.17, 15) is 9.18 Å². The van der Waals surface area contributed by atoms with Crippen LogP contribution in [-0.2, 0) is 12.0 Å². The third-order valence-electron chi connectivity index (χ3n) is 6.94. The van der Waals surface area contributed by atoms with Crippen LogP contribution >= 0.6 is 0 Å². The number of carbonyl (C=O) groups excluding carboxylic acids is 1. The molecule has 1 fully saturated rings. The lowest BCUT2D eigenvalue weighted by Crippen LogP contribution is -2.38. The summed E-state index contributed by atoms with van der Waals surface area (Å²) in [6.07, 6.45) is 2.42. The lowest BCUT2D eigenvalue weighted by atomic mass is 9.93. The van der Waals surface area contributed by atoms with Gasteiger partial charge in [0.05, 0.1) is 11.4 Å². The van der Waals surface area contributed by atoms with Crippen LogP contribution < -0.4 is 0 Å². The van der Waals surface area contributed by atoms with Crippen molar-refractivity contribution in [1.29, 1.82) is 0 Å². The van der Waals surface area contributed by atoms with Gasteiger partial charge in [-0.3, -0.25) is 4.79 Å². The third-order valence-corrected chi connectivity index (χ3v) is 6.94. The van der Waals surface area contributed by atoms with E-state index in [2.05, 4.69) is 25.7 Å². The normalized spacial score (nSPS) is 14.4. The van der Waals surface area contributed by atoms with E-state index in [-0.39, 0.29) is 17.1 Å². The Hall–Kier alpha value is -3.58. The van der Waals surface area contributed by atoms with Gasteiger partial charge in [0.25, 0.3) is 5.91 Å². The van der Waals surface area contributed by atoms with Crippen molar-refractivity contribution in [1.82, 2.24) is 24.4 Å². The van der Waals surface area contributed by atoms with E-state index in [1.165, 1.54) is 25.0 Å². The van der Waals surface area contributed by atoms with Gasteiger partial charge in [-0.05, 0) is 61.8 Å². The Kier molecular flexibility index (Phi) is 7.07. The molecular weight excluding hydrogens is 465 g/mol. The fourth-order valence-corrected chi connectivity index (χ4v) is 4.75. The average molecular weight is 500 g/mol. The predicted molar refractivity (Wildman–Crippen MR) is 144 cm³/mol. The Bertz CT molecular complexity index is 1370. The Balaban J connectivity index is 1.57. The fourth-order valence-electron chi connectivity index (χ4n) is 4.75. The van der Waals surface area contributed by atoms with E-state index in [1.54, 1.807) is 22.7 Å². The summed E-state index contributed by atoms with van der Waals surface area (Å²) in [6, 6.07) is 20.0. The number of hydrogen-bond acceptors (Lipinski definition) is 4. The standard InChI is InChI=1S/C30H34FN5O/c1-30(2,3)27-20-28-32-25(23-11-13-24(31)14-12-23)19-26(36(28)33-27)29(37)35(18-17-34-15-7-8-16-34)21-22-9-5-4-6-10-22/h4-6,9-14,19-20H,7-8,15-18,21H2,1-3H3. The van der Waals surface area contributed by atoms with Gasteiger partial charge < -0.3 is 9.80 Å². The van der Waals surface area contributed by atoms with Crippen LogP contribution in [0, 0.1) is 5.82 Å². The van der Waals surface area contributed by atoms with E-state index in [4.69, 9.17) is 10.1 Å². The second-order valence-corrected chi connectivity index (χ2v) is 10.8. The quantitative estimate of drug-likeness (QED) is 0.334. The highest BCUT2D eigenvalue weighted by Crippen LogP contribution is 2.26. The molecule has 1 aliphatic rings. The summed E-state index contributed by atoms with van der Waals surface area (Å²) < 4.78 is 15.3. The van der Waals surface area contributed by atoms with E-state index < -0.39 is 0 Å². The van der Waals surface area contributed by atoms with Crippen molar-refractivity contribution in [3.8, 4) is 11.3 Å². The van der Waals surface area contributed by atoms with Crippen LogP contribution in [0.25, 0.3) is 16.9 Å². The summed E-state index contributed by atoms with van der Waals surface area (Å²) in [4.78, 5) is 23.4. The molecule has 0 bridgehead atoms. The Morgan fingerprint density at radius 2 is 1.70 bits per heavy atom. The van der Waals surface area contributed by atoms with Crippen molar-refractivity contribution in [3.63, 3.8) is 0 Å². The first-order chi connectivity index (χ1) is 17.8. The lowest BCUT2D eigenvalue weighted by Gasteiger charge is -2.26. The number of aromatic nitrogens is 3. The monoisotopic (exact) mass is 499 g/mol. The topological polar surface area (TPSA) is 53.7 Å². The molecule has 7 heteroatoms. The number of benzene rings is 2. The maximum Gasteiger partial charge on any atom is 0.273 e. The predicted octanol–water partition coefficient (Wildman–Crippen LogP) is 5.57. The molecule has 5 rings (SSSR count). The maximum absolute atomic E-state index is 14.2. The highest BCUT2D eigenvalue weighted by molar-refractivity contribution is 5.94. The van der Waals surface area contributed by atoms with Gasteiger partial charge in [-0.15, -0.1) is 0 Å². The number of nitrogens with zero attached hydrogens (tertiary/aromatic N) is 5. The van der Waals surface area contributed by atoms with Crippen LogP contribution in [0.15, 0.2) is 66.7 Å². The summed E-state index contributed by atoms with van der Waals surface area (Å²) in [5.41, 5.74) is 4.17. The minimum Gasteiger partial charge on any atom is -0.332 e. The lowest BCUT2D eigenvalue weighted by molar-refractivity contribution is 0.0718. The molecule has 6 nitrogen and oxygen atoms in total. The van der Waals surface area contributed by atoms with Gasteiger partial charge in [0.2, 0.25) is 0 Å². The smallest absolute Gasteiger partial charge is 0.273 e. The average Bonchev–Trinajstić information content (AvgIpc) is 3.56. The van der Waals surface area contributed by atoms with E-state index in [0.717, 1.165) is 36.5 Å². The molecule has 1 aliphatic heterocycles. The van der Waals surface area contributed by atoms with Crippen LogP contribution in [0.4, 0.5) is 4.39 Å². The Morgan fingerprint density at radius 3 is 2.38 bits per heavy atom. The summed E-state index contributed by atoms with van der Waals surface area (Å²) >= 11 is 0. The third kappa shape index (κ3) is 5.72. The molecule has 0 N–H and O–H groups in total. The van der Waals surface area contributed by atoms with E-state index in [0.29, 0.717) is 30.1 Å². The van der Waals surface area contributed by atoms with Gasteiger partial charge in [-0.25, -0.2) is 13.9 Å². The zero-order valence-corrected chi connectivity index (χ0v) is 21.8. The molecule has 37 heavy (non-hydrogen) atoms. The van der Waals surface area contributed by atoms with Crippen molar-refractivity contribution in [2.24, 2.45) is 0 Å². The fraction of sp³-hybridized carbons (Fsp3) is 0.367. The van der Waals surface area contributed by atoms with Crippen molar-refractivity contribution in [2.75, 3.05) is 26.2 Å². The van der Waals surface area contributed by atoms with Crippen molar-refractivity contribution < 1.29 is 9.18 Å². The van der Waals surface area contributed by atoms with Gasteiger partial charge in [0.1, 0.15) is 11.5 Å². The Labute approximate surface area is 217 Å². The molecule has 192 valence electrons. The number of rotatable bonds is 7. The molecule has 4 aromatic rings. The second-order valence-electron chi connectivity index (χ2n) is 10.8. The zero-order chi connectivity index (χ0) is 26.0. The van der Waals surface area contributed by atoms with Crippen molar-refractivity contribution in [2.45, 2.75) is 45.6 Å². The van der Waals surface area contributed by atoms with Gasteiger partial charge in [0, 0.05) is 36.7 Å². The van der Waals surface area contributed by atoms with Gasteiger partial charge >= 0.3 is 0 Å². The number of hydrogen-bond donors (Lipinski definition) is 0. The molecule has 3 heterocycles. The molecule has 0 saturated carbocycles. The first kappa shape index (κ1) is 25.1. The minimum absolute atomic E-state index is 0.0950. The SMILES string of the molecule is CC(C)(C)c1cc2nc(-c3ccc(F)cc3)cc(C(=O)N(CCN3CCCC3)Cc3ccccc3)n2n1. The summed E-state index contributed by atoms with van der Waals surface area (Å²) in [5.74, 6) is -0.404. The van der Waals surface area contributed by atoms with Crippen LogP contribution in [0.3, 0.4) is 0 Å². The van der Waals surface area contributed by atoms with Gasteiger partial charge in [-0.1, -0.05) is 51.1 Å². The summed E-state index contributed by atoms with van der Waals surface area (Å²) in [5, 5.41) is 4.82. The number of halogens is 1. The first-order valence-corrected chi connectivity index (χ1v) is 13.0. The van der Waals surface area contributed by atoms with Crippen LogP contribution in [-0.4, -0.2) is 56.5 Å². The van der Waals surface area contributed by atoms with Gasteiger partial charge in [-0.2, -0.15) is 5.10 Å². The largest absolute Gasteiger partial charge is 0.332 e. The van der Waals surface area contributed by atoms with Crippen LogP contribution in [0.2, 0.25) is 0 Å².